The number of nitrogens with zero attached hydrogens (tertiary/aromatic N) is 1. The highest BCUT2D eigenvalue weighted by molar-refractivity contribution is 9.10. The number of carbonyl (C=O) groups is 2. The highest BCUT2D eigenvalue weighted by Gasteiger charge is 2.18. The number of rotatable bonds is 9. The summed E-state index contributed by atoms with van der Waals surface area (Å²) >= 11 is 3.44. The van der Waals surface area contributed by atoms with E-state index in [-0.39, 0.29) is 25.7 Å². The SMILES string of the molecule is CCOC(=O)CN(CCOC)C(=O)COc1ccc2cc(Br)ccc2c1. The lowest BCUT2D eigenvalue weighted by Crippen LogP contribution is -2.41. The van der Waals surface area contributed by atoms with Crippen LogP contribution in [0.15, 0.2) is 40.9 Å². The number of ether oxygens (including phenoxy) is 3. The van der Waals surface area contributed by atoms with Crippen LogP contribution >= 0.6 is 15.9 Å². The average Bonchev–Trinajstić information content (AvgIpc) is 2.63. The van der Waals surface area contributed by atoms with E-state index in [1.807, 2.05) is 36.4 Å². The van der Waals surface area contributed by atoms with Crippen LogP contribution in [-0.4, -0.2) is 56.8 Å². The third-order valence-electron chi connectivity index (χ3n) is 3.68. The van der Waals surface area contributed by atoms with E-state index >= 15 is 0 Å². The third-order valence-corrected chi connectivity index (χ3v) is 4.17. The Morgan fingerprint density at radius 3 is 2.58 bits per heavy atom. The molecular weight excluding hydrogens is 402 g/mol. The summed E-state index contributed by atoms with van der Waals surface area (Å²) in [5.41, 5.74) is 0. The minimum Gasteiger partial charge on any atom is -0.484 e. The zero-order valence-electron chi connectivity index (χ0n) is 14.9. The molecule has 0 bridgehead atoms. The molecular formula is C19H22BrNO5. The van der Waals surface area contributed by atoms with Gasteiger partial charge in [-0.25, -0.2) is 0 Å². The number of methoxy groups -OCH3 is 1. The fraction of sp³-hybridized carbons (Fsp3) is 0.368. The molecule has 0 fully saturated rings. The lowest BCUT2D eigenvalue weighted by Gasteiger charge is -2.21. The van der Waals surface area contributed by atoms with E-state index < -0.39 is 5.97 Å². The van der Waals surface area contributed by atoms with Gasteiger partial charge in [0.05, 0.1) is 13.2 Å². The standard InChI is InChI=1S/C19H22BrNO5/c1-3-25-19(23)12-21(8-9-24-2)18(22)13-26-17-7-5-14-10-16(20)6-4-15(14)11-17/h4-7,10-11H,3,8-9,12-13H2,1-2H3. The number of hydrogen-bond acceptors (Lipinski definition) is 5. The molecule has 1 amide bonds. The van der Waals surface area contributed by atoms with E-state index in [2.05, 4.69) is 15.9 Å². The lowest BCUT2D eigenvalue weighted by atomic mass is 10.1. The minimum absolute atomic E-state index is 0.120. The number of carbonyl (C=O) groups excluding carboxylic acids is 2. The summed E-state index contributed by atoms with van der Waals surface area (Å²) in [6.07, 6.45) is 0. The molecule has 6 nitrogen and oxygen atoms in total. The van der Waals surface area contributed by atoms with Crippen molar-refractivity contribution in [3.63, 3.8) is 0 Å². The first kappa shape index (κ1) is 20.2. The number of esters is 1. The highest BCUT2D eigenvalue weighted by Crippen LogP contribution is 2.24. The Hall–Kier alpha value is -2.12. The Balaban J connectivity index is 1.99. The van der Waals surface area contributed by atoms with E-state index in [1.165, 1.54) is 12.0 Å². The maximum Gasteiger partial charge on any atom is 0.325 e. The first-order chi connectivity index (χ1) is 12.5. The monoisotopic (exact) mass is 423 g/mol. The Morgan fingerprint density at radius 1 is 1.12 bits per heavy atom. The molecule has 0 saturated heterocycles. The largest absolute Gasteiger partial charge is 0.484 e. The fourth-order valence-electron chi connectivity index (χ4n) is 2.38. The Labute approximate surface area is 161 Å². The van der Waals surface area contributed by atoms with Crippen LogP contribution in [0.4, 0.5) is 0 Å². The second-order valence-electron chi connectivity index (χ2n) is 5.56. The number of halogens is 1. The molecule has 0 saturated carbocycles. The van der Waals surface area contributed by atoms with Crippen LogP contribution in [0.2, 0.25) is 0 Å². The van der Waals surface area contributed by atoms with Crippen LogP contribution in [0.25, 0.3) is 10.8 Å². The van der Waals surface area contributed by atoms with Crippen molar-refractivity contribution >= 4 is 38.6 Å². The van der Waals surface area contributed by atoms with E-state index in [1.54, 1.807) is 6.92 Å². The number of fused-ring (bicyclic) bond motifs is 1. The molecule has 0 atom stereocenters. The van der Waals surface area contributed by atoms with Crippen LogP contribution < -0.4 is 4.74 Å². The second-order valence-corrected chi connectivity index (χ2v) is 6.47. The van der Waals surface area contributed by atoms with Gasteiger partial charge in [0, 0.05) is 18.1 Å². The molecule has 0 N–H and O–H groups in total. The van der Waals surface area contributed by atoms with Crippen LogP contribution in [0.5, 0.6) is 5.75 Å². The van der Waals surface area contributed by atoms with Gasteiger partial charge in [-0.05, 0) is 42.0 Å². The minimum atomic E-state index is -0.451. The zero-order chi connectivity index (χ0) is 18.9. The maximum atomic E-state index is 12.4. The molecule has 0 aliphatic rings. The first-order valence-corrected chi connectivity index (χ1v) is 9.07. The van der Waals surface area contributed by atoms with Crippen molar-refractivity contribution in [1.29, 1.82) is 0 Å². The summed E-state index contributed by atoms with van der Waals surface area (Å²) < 4.78 is 16.5. The molecule has 0 radical (unpaired) electrons. The Bertz CT molecular complexity index is 765. The molecule has 0 spiro atoms. The normalized spacial score (nSPS) is 10.6. The van der Waals surface area contributed by atoms with Crippen molar-refractivity contribution < 1.29 is 23.8 Å². The predicted molar refractivity (Wildman–Crippen MR) is 102 cm³/mol. The molecule has 0 unspecified atom stereocenters. The van der Waals surface area contributed by atoms with Crippen LogP contribution in [0.3, 0.4) is 0 Å². The number of amides is 1. The molecule has 2 aromatic rings. The van der Waals surface area contributed by atoms with Gasteiger partial charge in [0.15, 0.2) is 6.61 Å². The van der Waals surface area contributed by atoms with Crippen molar-refractivity contribution in [2.45, 2.75) is 6.92 Å². The first-order valence-electron chi connectivity index (χ1n) is 8.28. The summed E-state index contributed by atoms with van der Waals surface area (Å²) in [6, 6.07) is 11.5. The summed E-state index contributed by atoms with van der Waals surface area (Å²) in [6.45, 7) is 2.34. The summed E-state index contributed by atoms with van der Waals surface area (Å²) in [5, 5.41) is 2.09. The topological polar surface area (TPSA) is 65.1 Å². The van der Waals surface area contributed by atoms with Gasteiger partial charge in [0.25, 0.3) is 5.91 Å². The van der Waals surface area contributed by atoms with E-state index in [0.717, 1.165) is 15.2 Å². The van der Waals surface area contributed by atoms with Gasteiger partial charge in [-0.2, -0.15) is 0 Å². The molecule has 0 aliphatic heterocycles. The number of benzene rings is 2. The Kier molecular flexibility index (Phi) is 7.87. The second kappa shape index (κ2) is 10.1. The van der Waals surface area contributed by atoms with Gasteiger partial charge >= 0.3 is 5.97 Å². The van der Waals surface area contributed by atoms with Crippen molar-refractivity contribution in [2.24, 2.45) is 0 Å². The van der Waals surface area contributed by atoms with E-state index in [9.17, 15) is 9.59 Å². The molecule has 0 heterocycles. The van der Waals surface area contributed by atoms with Gasteiger partial charge in [0.2, 0.25) is 0 Å². The number of hydrogen-bond donors (Lipinski definition) is 0. The zero-order valence-corrected chi connectivity index (χ0v) is 16.5. The highest BCUT2D eigenvalue weighted by atomic mass is 79.9. The maximum absolute atomic E-state index is 12.4. The molecule has 2 rings (SSSR count). The van der Waals surface area contributed by atoms with Crippen LogP contribution in [-0.2, 0) is 19.1 Å². The summed E-state index contributed by atoms with van der Waals surface area (Å²) in [4.78, 5) is 25.4. The van der Waals surface area contributed by atoms with E-state index in [4.69, 9.17) is 14.2 Å². The van der Waals surface area contributed by atoms with Gasteiger partial charge in [0.1, 0.15) is 12.3 Å². The molecule has 7 heteroatoms. The fourth-order valence-corrected chi connectivity index (χ4v) is 2.76. The molecule has 26 heavy (non-hydrogen) atoms. The van der Waals surface area contributed by atoms with Crippen molar-refractivity contribution in [2.75, 3.05) is 40.0 Å². The van der Waals surface area contributed by atoms with Gasteiger partial charge in [-0.1, -0.05) is 28.1 Å². The van der Waals surface area contributed by atoms with Crippen molar-refractivity contribution in [3.05, 3.63) is 40.9 Å². The summed E-state index contributed by atoms with van der Waals surface area (Å²) in [7, 11) is 1.54. The van der Waals surface area contributed by atoms with Crippen molar-refractivity contribution in [3.8, 4) is 5.75 Å². The third kappa shape index (κ3) is 6.00. The quantitative estimate of drug-likeness (QED) is 0.579. The lowest BCUT2D eigenvalue weighted by molar-refractivity contribution is -0.149. The van der Waals surface area contributed by atoms with Gasteiger partial charge in [-0.3, -0.25) is 9.59 Å². The molecule has 140 valence electrons. The van der Waals surface area contributed by atoms with Crippen LogP contribution in [0, 0.1) is 0 Å². The predicted octanol–water partition coefficient (Wildman–Crippen LogP) is 3.02. The molecule has 0 aliphatic carbocycles. The molecule has 0 aromatic heterocycles. The Morgan fingerprint density at radius 2 is 1.85 bits per heavy atom. The van der Waals surface area contributed by atoms with Gasteiger partial charge in [-0.15, -0.1) is 0 Å². The summed E-state index contributed by atoms with van der Waals surface area (Å²) in [5.74, 6) is -0.157. The molecule has 2 aromatic carbocycles. The van der Waals surface area contributed by atoms with E-state index in [0.29, 0.717) is 18.9 Å². The average molecular weight is 424 g/mol. The van der Waals surface area contributed by atoms with Crippen LogP contribution in [0.1, 0.15) is 6.92 Å². The van der Waals surface area contributed by atoms with Crippen molar-refractivity contribution in [1.82, 2.24) is 4.90 Å². The van der Waals surface area contributed by atoms with Gasteiger partial charge < -0.3 is 19.1 Å². The smallest absolute Gasteiger partial charge is 0.325 e.